The van der Waals surface area contributed by atoms with Crippen molar-refractivity contribution in [1.29, 1.82) is 0 Å². The van der Waals surface area contributed by atoms with E-state index >= 15 is 0 Å². The molecule has 0 unspecified atom stereocenters. The molecule has 0 radical (unpaired) electrons. The molecule has 2 fully saturated rings. The lowest BCUT2D eigenvalue weighted by atomic mass is 9.90. The Hall–Kier alpha value is -4.95. The summed E-state index contributed by atoms with van der Waals surface area (Å²) in [6.07, 6.45) is -1.00. The summed E-state index contributed by atoms with van der Waals surface area (Å²) in [5.74, 6) is -1.54. The van der Waals surface area contributed by atoms with Gasteiger partial charge in [0, 0.05) is 0 Å². The average Bonchev–Trinajstić information content (AvgIpc) is 3.49. The van der Waals surface area contributed by atoms with Gasteiger partial charge in [0.05, 0.1) is 30.1 Å². The highest BCUT2D eigenvalue weighted by Gasteiger charge is 2.60. The quantitative estimate of drug-likeness (QED) is 0.189. The zero-order valence-corrected chi connectivity index (χ0v) is 21.9. The summed E-state index contributed by atoms with van der Waals surface area (Å²) >= 11 is 0. The van der Waals surface area contributed by atoms with Gasteiger partial charge >= 0.3 is 5.97 Å². The predicted molar refractivity (Wildman–Crippen MR) is 148 cm³/mol. The summed E-state index contributed by atoms with van der Waals surface area (Å²) in [6, 6.07) is 29.7. The first-order chi connectivity index (χ1) is 19.5. The number of esters is 1. The maximum absolute atomic E-state index is 13.9. The number of imide groups is 1. The first-order valence-electron chi connectivity index (χ1n) is 12.9. The fourth-order valence-electron chi connectivity index (χ4n) is 5.26. The van der Waals surface area contributed by atoms with E-state index < -0.39 is 29.9 Å². The van der Waals surface area contributed by atoms with Crippen LogP contribution in [0.2, 0.25) is 0 Å². The van der Waals surface area contributed by atoms with Crippen molar-refractivity contribution in [3.63, 3.8) is 0 Å². The number of carbonyl (C=O) groups is 3. The number of hydroxylamine groups is 1. The Bertz CT molecular complexity index is 1590. The molecule has 8 heteroatoms. The Morgan fingerprint density at radius 1 is 0.775 bits per heavy atom. The monoisotopic (exact) mass is 534 g/mol. The van der Waals surface area contributed by atoms with E-state index in [1.165, 1.54) is 12.0 Å². The second-order valence-electron chi connectivity index (χ2n) is 9.67. The lowest BCUT2D eigenvalue weighted by molar-refractivity contribution is -0.126. The summed E-state index contributed by atoms with van der Waals surface area (Å²) in [4.78, 5) is 47.6. The van der Waals surface area contributed by atoms with Crippen LogP contribution in [0.3, 0.4) is 0 Å². The van der Waals surface area contributed by atoms with Crippen molar-refractivity contribution < 1.29 is 28.7 Å². The molecule has 40 heavy (non-hydrogen) atoms. The minimum absolute atomic E-state index is 0.233. The molecule has 2 amide bonds. The van der Waals surface area contributed by atoms with Crippen molar-refractivity contribution in [3.05, 3.63) is 120 Å². The number of para-hydroxylation sites is 1. The van der Waals surface area contributed by atoms with Crippen LogP contribution < -0.4 is 19.4 Å². The van der Waals surface area contributed by atoms with Crippen molar-refractivity contribution in [2.24, 2.45) is 5.92 Å². The summed E-state index contributed by atoms with van der Waals surface area (Å²) in [5, 5.41) is 1.61. The Morgan fingerprint density at radius 3 is 2.17 bits per heavy atom. The molecule has 4 aromatic rings. The van der Waals surface area contributed by atoms with Crippen LogP contribution in [0.5, 0.6) is 11.5 Å². The fraction of sp³-hybridized carbons (Fsp3) is 0.156. The SMILES string of the molecule is COc1cc([C@@H]2[C@@H]3C(=O)N(c4cccc(C)c4)C(=O)[C@H]3ON2c2ccccc2)ccc1OC(=O)c1ccccc1. The Kier molecular flexibility index (Phi) is 6.53. The molecule has 0 bridgehead atoms. The maximum Gasteiger partial charge on any atom is 0.343 e. The number of rotatable bonds is 6. The van der Waals surface area contributed by atoms with Crippen LogP contribution in [0.25, 0.3) is 0 Å². The summed E-state index contributed by atoms with van der Waals surface area (Å²) in [5.41, 5.74) is 3.22. The standard InChI is InChI=1S/C32H26N2O6/c1-20-10-9-15-24(18-20)33-30(35)27-28(34(40-29(27)31(33)36)23-13-7-4-8-14-23)22-16-17-25(26(19-22)38-2)39-32(37)21-11-5-3-6-12-21/h3-19,27-29H,1-2H3/t27-,28+,29-/m0/s1. The number of fused-ring (bicyclic) bond motifs is 1. The number of amides is 2. The molecule has 3 atom stereocenters. The molecule has 2 aliphatic heterocycles. The summed E-state index contributed by atoms with van der Waals surface area (Å²) in [6.45, 7) is 1.91. The zero-order chi connectivity index (χ0) is 27.8. The summed E-state index contributed by atoms with van der Waals surface area (Å²) in [7, 11) is 1.48. The molecule has 6 rings (SSSR count). The lowest BCUT2D eigenvalue weighted by Crippen LogP contribution is -2.37. The normalized spacial score (nSPS) is 20.0. The molecule has 200 valence electrons. The molecule has 2 aliphatic rings. The van der Waals surface area contributed by atoms with E-state index in [0.29, 0.717) is 28.3 Å². The largest absolute Gasteiger partial charge is 0.493 e. The van der Waals surface area contributed by atoms with Crippen molar-refractivity contribution >= 4 is 29.2 Å². The number of aryl methyl sites for hydroxylation is 1. The zero-order valence-electron chi connectivity index (χ0n) is 21.9. The van der Waals surface area contributed by atoms with E-state index in [9.17, 15) is 14.4 Å². The van der Waals surface area contributed by atoms with E-state index in [1.807, 2.05) is 55.5 Å². The van der Waals surface area contributed by atoms with Crippen molar-refractivity contribution in [2.45, 2.75) is 19.1 Å². The Balaban J connectivity index is 1.38. The van der Waals surface area contributed by atoms with Gasteiger partial charge in [-0.1, -0.05) is 54.6 Å². The Morgan fingerprint density at radius 2 is 1.48 bits per heavy atom. The van der Waals surface area contributed by atoms with Gasteiger partial charge in [-0.2, -0.15) is 0 Å². The third kappa shape index (κ3) is 4.38. The van der Waals surface area contributed by atoms with Crippen LogP contribution in [0.1, 0.15) is 27.5 Å². The van der Waals surface area contributed by atoms with Crippen molar-refractivity contribution in [1.82, 2.24) is 0 Å². The van der Waals surface area contributed by atoms with E-state index in [0.717, 1.165) is 5.56 Å². The molecule has 0 spiro atoms. The average molecular weight is 535 g/mol. The van der Waals surface area contributed by atoms with E-state index in [-0.39, 0.29) is 11.7 Å². The van der Waals surface area contributed by atoms with Crippen LogP contribution in [0.4, 0.5) is 11.4 Å². The molecular formula is C32H26N2O6. The van der Waals surface area contributed by atoms with Crippen LogP contribution in [0, 0.1) is 12.8 Å². The van der Waals surface area contributed by atoms with Crippen molar-refractivity contribution in [3.8, 4) is 11.5 Å². The number of benzene rings is 4. The Labute approximate surface area is 231 Å². The van der Waals surface area contributed by atoms with Gasteiger partial charge in [0.2, 0.25) is 5.91 Å². The van der Waals surface area contributed by atoms with Crippen LogP contribution >= 0.6 is 0 Å². The van der Waals surface area contributed by atoms with Gasteiger partial charge in [-0.15, -0.1) is 0 Å². The van der Waals surface area contributed by atoms with Gasteiger partial charge in [0.1, 0.15) is 5.92 Å². The third-order valence-corrected chi connectivity index (χ3v) is 7.13. The second-order valence-corrected chi connectivity index (χ2v) is 9.67. The van der Waals surface area contributed by atoms with Crippen LogP contribution in [0.15, 0.2) is 103 Å². The van der Waals surface area contributed by atoms with Gasteiger partial charge in [0.15, 0.2) is 17.6 Å². The highest BCUT2D eigenvalue weighted by atomic mass is 16.7. The lowest BCUT2D eigenvalue weighted by Gasteiger charge is -2.29. The number of nitrogens with zero attached hydrogens (tertiary/aromatic N) is 2. The van der Waals surface area contributed by atoms with Crippen LogP contribution in [-0.2, 0) is 14.4 Å². The van der Waals surface area contributed by atoms with E-state index in [1.54, 1.807) is 59.7 Å². The number of hydrogen-bond acceptors (Lipinski definition) is 7. The van der Waals surface area contributed by atoms with E-state index in [2.05, 4.69) is 0 Å². The molecule has 0 aromatic heterocycles. The molecule has 4 aromatic carbocycles. The fourth-order valence-corrected chi connectivity index (χ4v) is 5.26. The predicted octanol–water partition coefficient (Wildman–Crippen LogP) is 5.27. The minimum Gasteiger partial charge on any atom is -0.493 e. The first-order valence-corrected chi connectivity index (χ1v) is 12.9. The topological polar surface area (TPSA) is 85.4 Å². The maximum atomic E-state index is 13.9. The molecule has 2 heterocycles. The molecule has 0 aliphatic carbocycles. The first kappa shape index (κ1) is 25.3. The van der Waals surface area contributed by atoms with Gasteiger partial charge in [-0.25, -0.2) is 14.8 Å². The number of anilines is 2. The number of carbonyl (C=O) groups excluding carboxylic acids is 3. The third-order valence-electron chi connectivity index (χ3n) is 7.13. The molecule has 0 saturated carbocycles. The van der Waals surface area contributed by atoms with Gasteiger partial charge in [-0.05, 0) is 66.6 Å². The smallest absolute Gasteiger partial charge is 0.343 e. The highest BCUT2D eigenvalue weighted by molar-refractivity contribution is 6.24. The summed E-state index contributed by atoms with van der Waals surface area (Å²) < 4.78 is 11.2. The van der Waals surface area contributed by atoms with E-state index in [4.69, 9.17) is 14.3 Å². The van der Waals surface area contributed by atoms with Gasteiger partial charge in [-0.3, -0.25) is 14.4 Å². The van der Waals surface area contributed by atoms with Crippen molar-refractivity contribution in [2.75, 3.05) is 17.1 Å². The number of hydrogen-bond donors (Lipinski definition) is 0. The molecule has 8 nitrogen and oxygen atoms in total. The highest BCUT2D eigenvalue weighted by Crippen LogP contribution is 2.48. The molecular weight excluding hydrogens is 508 g/mol. The van der Waals surface area contributed by atoms with Gasteiger partial charge < -0.3 is 9.47 Å². The molecule has 2 saturated heterocycles. The number of methoxy groups -OCH3 is 1. The molecule has 0 N–H and O–H groups in total. The van der Waals surface area contributed by atoms with Gasteiger partial charge in [0.25, 0.3) is 5.91 Å². The number of ether oxygens (including phenoxy) is 2. The minimum atomic E-state index is -1.00. The second kappa shape index (κ2) is 10.3. The van der Waals surface area contributed by atoms with Crippen LogP contribution in [-0.4, -0.2) is 31.0 Å².